The van der Waals surface area contributed by atoms with Crippen molar-refractivity contribution in [1.29, 1.82) is 0 Å². The van der Waals surface area contributed by atoms with E-state index < -0.39 is 22.9 Å². The largest absolute Gasteiger partial charge is 0.461 e. The molecule has 0 bridgehead atoms. The minimum Gasteiger partial charge on any atom is -0.461 e. The molecular formula is C20H22N4O7S. The number of benzene rings is 1. The second kappa shape index (κ2) is 9.81. The maximum Gasteiger partial charge on any atom is 0.355 e. The van der Waals surface area contributed by atoms with Gasteiger partial charge in [-0.3, -0.25) is 29.6 Å². The van der Waals surface area contributed by atoms with Crippen molar-refractivity contribution in [2.24, 2.45) is 4.99 Å². The summed E-state index contributed by atoms with van der Waals surface area (Å²) in [6.07, 6.45) is 1.55. The maximum atomic E-state index is 12.9. The Morgan fingerprint density at radius 1 is 1.28 bits per heavy atom. The van der Waals surface area contributed by atoms with Crippen molar-refractivity contribution in [3.05, 3.63) is 51.2 Å². The van der Waals surface area contributed by atoms with Crippen molar-refractivity contribution in [3.63, 3.8) is 0 Å². The topological polar surface area (TPSA) is 132 Å². The number of fused-ring (bicyclic) bond motifs is 1. The second-order valence-electron chi connectivity index (χ2n) is 7.31. The molecule has 0 unspecified atom stereocenters. The summed E-state index contributed by atoms with van der Waals surface area (Å²) in [5.41, 5.74) is 1.00. The Balaban J connectivity index is 1.78. The first-order chi connectivity index (χ1) is 15.2. The molecule has 2 aliphatic heterocycles. The Hall–Kier alpha value is -3.41. The summed E-state index contributed by atoms with van der Waals surface area (Å²) in [5.74, 6) is -1.22. The number of non-ortho nitro benzene ring substituents is 1. The Morgan fingerprint density at radius 2 is 1.97 bits per heavy atom. The highest BCUT2D eigenvalue weighted by molar-refractivity contribution is 8.00. The number of rotatable bonds is 8. The van der Waals surface area contributed by atoms with Gasteiger partial charge in [-0.05, 0) is 17.7 Å². The predicted molar refractivity (Wildman–Crippen MR) is 116 cm³/mol. The fraction of sp³-hybridized carbons (Fsp3) is 0.400. The van der Waals surface area contributed by atoms with Gasteiger partial charge in [0.25, 0.3) is 11.6 Å². The van der Waals surface area contributed by atoms with Gasteiger partial charge >= 0.3 is 11.9 Å². The number of carbonyl (C=O) groups is 3. The summed E-state index contributed by atoms with van der Waals surface area (Å²) >= 11 is 1.43. The van der Waals surface area contributed by atoms with E-state index in [2.05, 4.69) is 4.99 Å². The van der Waals surface area contributed by atoms with Crippen LogP contribution >= 0.6 is 11.8 Å². The van der Waals surface area contributed by atoms with Crippen molar-refractivity contribution >= 4 is 41.6 Å². The minimum atomic E-state index is -0.737. The van der Waals surface area contributed by atoms with Gasteiger partial charge in [0.15, 0.2) is 6.04 Å². The number of carbonyl (C=O) groups excluding carboxylic acids is 3. The molecule has 2 heterocycles. The van der Waals surface area contributed by atoms with Gasteiger partial charge < -0.3 is 14.4 Å². The molecule has 2 aliphatic rings. The first-order valence-corrected chi connectivity index (χ1v) is 10.6. The quantitative estimate of drug-likeness (QED) is 0.140. The highest BCUT2D eigenvalue weighted by Gasteiger charge is 2.54. The molecule has 0 aliphatic carbocycles. The summed E-state index contributed by atoms with van der Waals surface area (Å²) in [4.78, 5) is 54.5. The number of ether oxygens (including phenoxy) is 2. The van der Waals surface area contributed by atoms with E-state index in [1.54, 1.807) is 25.3 Å². The molecule has 32 heavy (non-hydrogen) atoms. The lowest BCUT2D eigenvalue weighted by Gasteiger charge is -2.48. The van der Waals surface area contributed by atoms with Gasteiger partial charge in [-0.25, -0.2) is 4.79 Å². The normalized spacial score (nSPS) is 20.0. The van der Waals surface area contributed by atoms with Crippen LogP contribution in [0.15, 0.2) is 40.5 Å². The fourth-order valence-corrected chi connectivity index (χ4v) is 4.41. The lowest BCUT2D eigenvalue weighted by molar-refractivity contribution is -0.384. The molecule has 0 aromatic heterocycles. The van der Waals surface area contributed by atoms with E-state index in [1.165, 1.54) is 47.9 Å². The van der Waals surface area contributed by atoms with E-state index in [4.69, 9.17) is 9.47 Å². The van der Waals surface area contributed by atoms with Crippen LogP contribution in [0.4, 0.5) is 5.69 Å². The first-order valence-electron chi connectivity index (χ1n) is 9.59. The summed E-state index contributed by atoms with van der Waals surface area (Å²) < 4.78 is 10.4. The van der Waals surface area contributed by atoms with Crippen molar-refractivity contribution in [2.75, 3.05) is 26.5 Å². The molecule has 170 valence electrons. The fourth-order valence-electron chi connectivity index (χ4n) is 3.09. The van der Waals surface area contributed by atoms with E-state index in [0.717, 1.165) is 0 Å². The summed E-state index contributed by atoms with van der Waals surface area (Å²) in [6, 6.07) is 4.98. The average Bonchev–Trinajstić information content (AvgIpc) is 2.75. The number of nitro benzene ring substituents is 1. The van der Waals surface area contributed by atoms with Gasteiger partial charge in [0.05, 0.1) is 11.3 Å². The third-order valence-electron chi connectivity index (χ3n) is 4.64. The second-order valence-corrected chi connectivity index (χ2v) is 8.42. The van der Waals surface area contributed by atoms with Crippen LogP contribution in [0.3, 0.4) is 0 Å². The zero-order chi connectivity index (χ0) is 23.4. The smallest absolute Gasteiger partial charge is 0.355 e. The van der Waals surface area contributed by atoms with Gasteiger partial charge in [0.2, 0.25) is 0 Å². The molecular weight excluding hydrogens is 440 g/mol. The summed E-state index contributed by atoms with van der Waals surface area (Å²) in [6.45, 7) is 0.988. The number of esters is 2. The highest BCUT2D eigenvalue weighted by Crippen LogP contribution is 2.42. The minimum absolute atomic E-state index is 0.0539. The summed E-state index contributed by atoms with van der Waals surface area (Å²) in [5, 5.41) is 10.4. The molecule has 1 aromatic rings. The van der Waals surface area contributed by atoms with Crippen molar-refractivity contribution in [2.45, 2.75) is 24.9 Å². The molecule has 2 atom stereocenters. The van der Waals surface area contributed by atoms with E-state index in [0.29, 0.717) is 16.9 Å². The lowest BCUT2D eigenvalue weighted by atomic mass is 10.0. The number of hydrogen-bond donors (Lipinski definition) is 0. The Labute approximate surface area is 188 Å². The summed E-state index contributed by atoms with van der Waals surface area (Å²) in [7, 11) is 3.58. The lowest BCUT2D eigenvalue weighted by Crippen LogP contribution is -2.64. The third kappa shape index (κ3) is 5.07. The van der Waals surface area contributed by atoms with Crippen molar-refractivity contribution < 1.29 is 28.8 Å². The van der Waals surface area contributed by atoms with E-state index in [-0.39, 0.29) is 35.9 Å². The number of aliphatic imine (C=N–C) groups is 1. The highest BCUT2D eigenvalue weighted by atomic mass is 32.2. The van der Waals surface area contributed by atoms with Crippen LogP contribution in [-0.4, -0.2) is 76.8 Å². The Bertz CT molecular complexity index is 990. The molecule has 0 spiro atoms. The van der Waals surface area contributed by atoms with Crippen LogP contribution in [-0.2, 0) is 30.5 Å². The number of amides is 1. The molecule has 11 nitrogen and oxygen atoms in total. The molecule has 0 N–H and O–H groups in total. The van der Waals surface area contributed by atoms with Gasteiger partial charge in [-0.2, -0.15) is 0 Å². The van der Waals surface area contributed by atoms with Crippen LogP contribution < -0.4 is 0 Å². The van der Waals surface area contributed by atoms with Crippen molar-refractivity contribution in [3.8, 4) is 0 Å². The number of nitrogens with zero attached hydrogens (tertiary/aromatic N) is 4. The monoisotopic (exact) mass is 462 g/mol. The third-order valence-corrected chi connectivity index (χ3v) is 5.96. The average molecular weight is 462 g/mol. The molecule has 1 amide bonds. The van der Waals surface area contributed by atoms with Crippen LogP contribution in [0.2, 0.25) is 0 Å². The van der Waals surface area contributed by atoms with Crippen molar-refractivity contribution in [1.82, 2.24) is 9.80 Å². The number of nitro groups is 1. The molecule has 12 heteroatoms. The molecule has 3 rings (SSSR count). The SMILES string of the molecule is CC(=O)OCC1=C(C(=O)OCc2ccc([N+](=O)[O-])cc2)N2C(=O)[C@@H](N=CN(C)C)[C@H]2SC1. The zero-order valence-electron chi connectivity index (χ0n) is 17.7. The van der Waals surface area contributed by atoms with Gasteiger partial charge in [-0.1, -0.05) is 0 Å². The first kappa shape index (κ1) is 23.3. The molecule has 1 saturated heterocycles. The van der Waals surface area contributed by atoms with Gasteiger partial charge in [-0.15, -0.1) is 11.8 Å². The maximum absolute atomic E-state index is 12.9. The van der Waals surface area contributed by atoms with E-state index in [1.807, 2.05) is 0 Å². The standard InChI is InChI=1S/C20H22N4O7S/c1-12(25)30-9-14-10-32-19-16(21-11-22(2)3)18(26)23(19)17(14)20(27)31-8-13-4-6-15(7-5-13)24(28)29/h4-7,11,16,19H,8-10H2,1-3H3/t16-,19-/m1/s1. The molecule has 0 saturated carbocycles. The van der Waals surface area contributed by atoms with Crippen LogP contribution in [0, 0.1) is 10.1 Å². The van der Waals surface area contributed by atoms with Crippen LogP contribution in [0.1, 0.15) is 12.5 Å². The van der Waals surface area contributed by atoms with Crippen LogP contribution in [0.25, 0.3) is 0 Å². The number of β-lactam (4-membered cyclic amide) rings is 1. The van der Waals surface area contributed by atoms with E-state index in [9.17, 15) is 24.5 Å². The Kier molecular flexibility index (Phi) is 7.13. The number of hydrogen-bond acceptors (Lipinski definition) is 9. The zero-order valence-corrected chi connectivity index (χ0v) is 18.5. The van der Waals surface area contributed by atoms with Crippen LogP contribution in [0.5, 0.6) is 0 Å². The molecule has 0 radical (unpaired) electrons. The predicted octanol–water partition coefficient (Wildman–Crippen LogP) is 1.33. The van der Waals surface area contributed by atoms with Gasteiger partial charge in [0, 0.05) is 44.5 Å². The van der Waals surface area contributed by atoms with Gasteiger partial charge in [0.1, 0.15) is 24.3 Å². The Morgan fingerprint density at radius 3 is 2.56 bits per heavy atom. The molecule has 1 fully saturated rings. The van der Waals surface area contributed by atoms with E-state index >= 15 is 0 Å². The molecule has 1 aromatic carbocycles. The number of thioether (sulfide) groups is 1.